The predicted octanol–water partition coefficient (Wildman–Crippen LogP) is 2.24. The predicted molar refractivity (Wildman–Crippen MR) is 127 cm³/mol. The van der Waals surface area contributed by atoms with Crippen LogP contribution in [0, 0.1) is 15.9 Å². The van der Waals surface area contributed by atoms with Gasteiger partial charge in [0.1, 0.15) is 11.4 Å². The first-order valence-corrected chi connectivity index (χ1v) is 10.8. The molecule has 2 heterocycles. The fraction of sp³-hybridized carbons (Fsp3) is 0.261. The zero-order valence-electron chi connectivity index (χ0n) is 18.5. The lowest BCUT2D eigenvalue weighted by Gasteiger charge is -2.30. The number of carbonyl (C=O) groups is 1. The van der Waals surface area contributed by atoms with Crippen molar-refractivity contribution in [2.24, 2.45) is 5.10 Å². The van der Waals surface area contributed by atoms with Crippen LogP contribution in [-0.4, -0.2) is 47.8 Å². The van der Waals surface area contributed by atoms with Crippen molar-refractivity contribution in [3.63, 3.8) is 0 Å². The molecular weight excluding hydrogens is 443 g/mol. The van der Waals surface area contributed by atoms with Gasteiger partial charge in [-0.3, -0.25) is 19.7 Å². The molecule has 0 bridgehead atoms. The summed E-state index contributed by atoms with van der Waals surface area (Å²) >= 11 is 0. The average Bonchev–Trinajstić information content (AvgIpc) is 2.85. The fourth-order valence-electron chi connectivity index (χ4n) is 3.88. The zero-order valence-corrected chi connectivity index (χ0v) is 18.5. The molecule has 0 atom stereocenters. The van der Waals surface area contributed by atoms with Gasteiger partial charge in [0.2, 0.25) is 5.43 Å². The normalized spacial score (nSPS) is 14.0. The lowest BCUT2D eigenvalue weighted by atomic mass is 10.1. The molecular formula is C23H23FN6O4. The number of anilines is 1. The van der Waals surface area contributed by atoms with E-state index in [0.717, 1.165) is 13.1 Å². The highest BCUT2D eigenvalue weighted by Gasteiger charge is 2.20. The molecule has 34 heavy (non-hydrogen) atoms. The standard InChI is InChI=1S/C23H23FN6O4/c1-2-28-14-18(23(32)27-26-13-15-3-5-16(6-4-15)30(33)34)22(31)17-11-19(24)21(12-20(17)28)29-9-7-25-8-10-29/h3-6,11-14,25H,2,7-10H2,1H3,(H,27,32)/b26-13+. The van der Waals surface area contributed by atoms with Crippen molar-refractivity contribution in [1.29, 1.82) is 0 Å². The minimum Gasteiger partial charge on any atom is -0.367 e. The summed E-state index contributed by atoms with van der Waals surface area (Å²) in [5, 5.41) is 17.9. The Morgan fingerprint density at radius 1 is 1.26 bits per heavy atom. The van der Waals surface area contributed by atoms with Crippen molar-refractivity contribution in [3.8, 4) is 0 Å². The van der Waals surface area contributed by atoms with Gasteiger partial charge >= 0.3 is 0 Å². The minimum absolute atomic E-state index is 0.0650. The maximum Gasteiger partial charge on any atom is 0.276 e. The number of hydrogen-bond donors (Lipinski definition) is 2. The number of amides is 1. The van der Waals surface area contributed by atoms with E-state index in [0.29, 0.717) is 36.4 Å². The Morgan fingerprint density at radius 3 is 2.62 bits per heavy atom. The Hall–Kier alpha value is -4.12. The number of hydrogen-bond acceptors (Lipinski definition) is 7. The van der Waals surface area contributed by atoms with Crippen molar-refractivity contribution in [1.82, 2.24) is 15.3 Å². The van der Waals surface area contributed by atoms with Crippen LogP contribution in [0.2, 0.25) is 0 Å². The van der Waals surface area contributed by atoms with Crippen LogP contribution in [0.25, 0.3) is 10.9 Å². The van der Waals surface area contributed by atoms with Crippen LogP contribution in [0.3, 0.4) is 0 Å². The summed E-state index contributed by atoms with van der Waals surface area (Å²) in [5.41, 5.74) is 2.98. The second-order valence-corrected chi connectivity index (χ2v) is 7.76. The van der Waals surface area contributed by atoms with Gasteiger partial charge in [-0.15, -0.1) is 0 Å². The second-order valence-electron chi connectivity index (χ2n) is 7.76. The molecule has 0 aliphatic carbocycles. The molecule has 2 aromatic carbocycles. The first kappa shape index (κ1) is 23.1. The smallest absolute Gasteiger partial charge is 0.276 e. The summed E-state index contributed by atoms with van der Waals surface area (Å²) in [7, 11) is 0. The molecule has 3 aromatic rings. The Labute approximate surface area is 193 Å². The number of hydrazone groups is 1. The number of aromatic nitrogens is 1. The van der Waals surface area contributed by atoms with Crippen LogP contribution in [-0.2, 0) is 6.54 Å². The van der Waals surface area contributed by atoms with Crippen molar-refractivity contribution in [2.45, 2.75) is 13.5 Å². The number of nitro benzene ring substituents is 1. The van der Waals surface area contributed by atoms with Gasteiger partial charge in [-0.05, 0) is 36.8 Å². The molecule has 1 saturated heterocycles. The number of benzene rings is 2. The molecule has 0 spiro atoms. The summed E-state index contributed by atoms with van der Waals surface area (Å²) in [5.74, 6) is -1.25. The molecule has 1 aromatic heterocycles. The first-order chi connectivity index (χ1) is 16.4. The Bertz CT molecular complexity index is 1330. The maximum absolute atomic E-state index is 14.9. The van der Waals surface area contributed by atoms with Gasteiger partial charge in [0.25, 0.3) is 11.6 Å². The SMILES string of the molecule is CCn1cc(C(=O)N/N=C/c2ccc([N+](=O)[O-])cc2)c(=O)c2cc(F)c(N3CCNCC3)cc21. The number of nitrogens with zero attached hydrogens (tertiary/aromatic N) is 4. The molecule has 2 N–H and O–H groups in total. The summed E-state index contributed by atoms with van der Waals surface area (Å²) in [6, 6.07) is 8.44. The lowest BCUT2D eigenvalue weighted by molar-refractivity contribution is -0.384. The average molecular weight is 466 g/mol. The van der Waals surface area contributed by atoms with Crippen LogP contribution in [0.15, 0.2) is 52.5 Å². The van der Waals surface area contributed by atoms with E-state index >= 15 is 0 Å². The highest BCUT2D eigenvalue weighted by Crippen LogP contribution is 2.25. The van der Waals surface area contributed by atoms with Crippen molar-refractivity contribution >= 4 is 34.4 Å². The number of carbonyl (C=O) groups excluding carboxylic acids is 1. The summed E-state index contributed by atoms with van der Waals surface area (Å²) in [4.78, 5) is 37.8. The largest absolute Gasteiger partial charge is 0.367 e. The Balaban J connectivity index is 1.62. The number of rotatable bonds is 6. The van der Waals surface area contributed by atoms with Gasteiger partial charge in [0.05, 0.1) is 22.3 Å². The number of nitrogens with one attached hydrogen (secondary N) is 2. The Kier molecular flexibility index (Phi) is 6.64. The lowest BCUT2D eigenvalue weighted by Crippen LogP contribution is -2.43. The molecule has 0 radical (unpaired) electrons. The first-order valence-electron chi connectivity index (χ1n) is 10.8. The molecule has 1 fully saturated rings. The van der Waals surface area contributed by atoms with E-state index in [4.69, 9.17) is 0 Å². The molecule has 0 unspecified atom stereocenters. The Morgan fingerprint density at radius 2 is 1.97 bits per heavy atom. The highest BCUT2D eigenvalue weighted by atomic mass is 19.1. The minimum atomic E-state index is -0.737. The van der Waals surface area contributed by atoms with Gasteiger partial charge in [0.15, 0.2) is 0 Å². The van der Waals surface area contributed by atoms with Crippen LogP contribution >= 0.6 is 0 Å². The van der Waals surface area contributed by atoms with E-state index in [9.17, 15) is 24.1 Å². The summed E-state index contributed by atoms with van der Waals surface area (Å²) in [6.45, 7) is 5.15. The van der Waals surface area contributed by atoms with E-state index < -0.39 is 22.1 Å². The van der Waals surface area contributed by atoms with Crippen molar-refractivity contribution in [3.05, 3.63) is 79.9 Å². The van der Waals surface area contributed by atoms with Crippen LogP contribution in [0.5, 0.6) is 0 Å². The second kappa shape index (κ2) is 9.79. The number of pyridine rings is 1. The molecule has 11 heteroatoms. The van der Waals surface area contributed by atoms with Gasteiger partial charge < -0.3 is 14.8 Å². The third-order valence-electron chi connectivity index (χ3n) is 5.68. The number of nitro groups is 1. The molecule has 4 rings (SSSR count). The number of fused-ring (bicyclic) bond motifs is 1. The topological polar surface area (TPSA) is 122 Å². The van der Waals surface area contributed by atoms with Crippen LogP contribution < -0.4 is 21.1 Å². The van der Waals surface area contributed by atoms with Gasteiger partial charge in [-0.1, -0.05) is 0 Å². The molecule has 176 valence electrons. The van der Waals surface area contributed by atoms with E-state index in [1.54, 1.807) is 10.6 Å². The van der Waals surface area contributed by atoms with E-state index in [-0.39, 0.29) is 16.6 Å². The molecule has 1 amide bonds. The quantitative estimate of drug-likeness (QED) is 0.326. The van der Waals surface area contributed by atoms with Gasteiger partial charge in [0, 0.05) is 56.4 Å². The number of non-ortho nitro benzene ring substituents is 1. The molecule has 1 aliphatic heterocycles. The number of aryl methyl sites for hydroxylation is 1. The van der Waals surface area contributed by atoms with E-state index in [1.165, 1.54) is 42.7 Å². The number of piperazine rings is 1. The van der Waals surface area contributed by atoms with Crippen LogP contribution in [0.4, 0.5) is 15.8 Å². The zero-order chi connectivity index (χ0) is 24.2. The monoisotopic (exact) mass is 466 g/mol. The molecule has 1 aliphatic rings. The number of halogens is 1. The summed E-state index contributed by atoms with van der Waals surface area (Å²) < 4.78 is 16.7. The van der Waals surface area contributed by atoms with Crippen molar-refractivity contribution < 1.29 is 14.1 Å². The van der Waals surface area contributed by atoms with E-state index in [2.05, 4.69) is 15.8 Å². The fourth-order valence-corrected chi connectivity index (χ4v) is 3.88. The highest BCUT2D eigenvalue weighted by molar-refractivity contribution is 5.98. The third kappa shape index (κ3) is 4.64. The van der Waals surface area contributed by atoms with E-state index in [1.807, 2.05) is 11.8 Å². The maximum atomic E-state index is 14.9. The van der Waals surface area contributed by atoms with Gasteiger partial charge in [-0.25, -0.2) is 9.82 Å². The van der Waals surface area contributed by atoms with Crippen molar-refractivity contribution in [2.75, 3.05) is 31.1 Å². The third-order valence-corrected chi connectivity index (χ3v) is 5.68. The van der Waals surface area contributed by atoms with Crippen LogP contribution in [0.1, 0.15) is 22.8 Å². The molecule has 0 saturated carbocycles. The molecule has 10 nitrogen and oxygen atoms in total. The van der Waals surface area contributed by atoms with Gasteiger partial charge in [-0.2, -0.15) is 5.10 Å². The summed E-state index contributed by atoms with van der Waals surface area (Å²) in [6.07, 6.45) is 2.75.